The van der Waals surface area contributed by atoms with Gasteiger partial charge in [-0.1, -0.05) is 0 Å². The molecule has 2 aliphatic rings. The van der Waals surface area contributed by atoms with Crippen LogP contribution in [0.25, 0.3) is 0 Å². The molecule has 0 bridgehead atoms. The zero-order chi connectivity index (χ0) is 16.4. The number of likely N-dealkylation sites (tertiary alicyclic amines) is 1. The Morgan fingerprint density at radius 2 is 1.45 bits per heavy atom. The van der Waals surface area contributed by atoms with Gasteiger partial charge in [0.2, 0.25) is 0 Å². The zero-order valence-electron chi connectivity index (χ0n) is 15.7. The van der Waals surface area contributed by atoms with Crippen molar-refractivity contribution in [1.82, 2.24) is 14.7 Å². The smallest absolute Gasteiger partial charge is 0.0600 e. The van der Waals surface area contributed by atoms with Crippen molar-refractivity contribution >= 4 is 0 Å². The molecule has 0 amide bonds. The first-order chi connectivity index (χ1) is 10.1. The summed E-state index contributed by atoms with van der Waals surface area (Å²) in [5.74, 6) is 0.871. The highest BCUT2D eigenvalue weighted by Gasteiger charge is 2.31. The molecule has 4 heteroatoms. The van der Waals surface area contributed by atoms with E-state index in [0.717, 1.165) is 19.1 Å². The fraction of sp³-hybridized carbons (Fsp3) is 1.00. The van der Waals surface area contributed by atoms with Crippen molar-refractivity contribution in [1.29, 1.82) is 0 Å². The van der Waals surface area contributed by atoms with Crippen molar-refractivity contribution < 1.29 is 4.74 Å². The average Bonchev–Trinajstić information content (AvgIpc) is 2.33. The maximum atomic E-state index is 5.81. The quantitative estimate of drug-likeness (QED) is 0.774. The van der Waals surface area contributed by atoms with Gasteiger partial charge in [0.25, 0.3) is 0 Å². The maximum Gasteiger partial charge on any atom is 0.0600 e. The summed E-state index contributed by atoms with van der Waals surface area (Å²) >= 11 is 0. The number of hydrogen-bond donors (Lipinski definition) is 0. The van der Waals surface area contributed by atoms with Crippen LogP contribution in [-0.4, -0.2) is 84.8 Å². The Balaban J connectivity index is 1.55. The summed E-state index contributed by atoms with van der Waals surface area (Å²) in [5, 5.41) is 0. The SMILES string of the molecule is CC(C)(C)OCCN1CC(CN2CCN(C(C)(C)C)CC2)C1. The van der Waals surface area contributed by atoms with E-state index in [0.29, 0.717) is 5.54 Å². The largest absolute Gasteiger partial charge is 0.375 e. The molecule has 0 unspecified atom stereocenters. The Morgan fingerprint density at radius 1 is 0.864 bits per heavy atom. The van der Waals surface area contributed by atoms with Gasteiger partial charge < -0.3 is 14.5 Å². The molecule has 2 heterocycles. The van der Waals surface area contributed by atoms with Crippen LogP contribution in [-0.2, 0) is 4.74 Å². The number of nitrogens with zero attached hydrogens (tertiary/aromatic N) is 3. The molecule has 0 spiro atoms. The van der Waals surface area contributed by atoms with E-state index >= 15 is 0 Å². The van der Waals surface area contributed by atoms with Crippen LogP contribution in [0.15, 0.2) is 0 Å². The monoisotopic (exact) mass is 311 g/mol. The van der Waals surface area contributed by atoms with Gasteiger partial charge in [-0.15, -0.1) is 0 Å². The topological polar surface area (TPSA) is 19.0 Å². The fourth-order valence-electron chi connectivity index (χ4n) is 3.42. The lowest BCUT2D eigenvalue weighted by molar-refractivity contribution is -0.0332. The van der Waals surface area contributed by atoms with E-state index in [1.165, 1.54) is 45.8 Å². The van der Waals surface area contributed by atoms with Crippen LogP contribution in [0.4, 0.5) is 0 Å². The Hall–Kier alpha value is -0.160. The summed E-state index contributed by atoms with van der Waals surface area (Å²) in [6.45, 7) is 24.0. The van der Waals surface area contributed by atoms with E-state index in [1.54, 1.807) is 0 Å². The predicted molar refractivity (Wildman–Crippen MR) is 93.4 cm³/mol. The molecule has 0 saturated carbocycles. The van der Waals surface area contributed by atoms with Gasteiger partial charge in [-0.05, 0) is 47.5 Å². The third-order valence-corrected chi connectivity index (χ3v) is 4.81. The molecule has 0 aromatic heterocycles. The van der Waals surface area contributed by atoms with Crippen molar-refractivity contribution in [2.45, 2.75) is 52.7 Å². The van der Waals surface area contributed by atoms with Gasteiger partial charge in [-0.25, -0.2) is 0 Å². The Labute approximate surface area is 137 Å². The van der Waals surface area contributed by atoms with Crippen LogP contribution in [0.3, 0.4) is 0 Å². The van der Waals surface area contributed by atoms with Crippen molar-refractivity contribution in [2.24, 2.45) is 5.92 Å². The molecule has 0 N–H and O–H groups in total. The summed E-state index contributed by atoms with van der Waals surface area (Å²) in [6, 6.07) is 0. The van der Waals surface area contributed by atoms with E-state index in [9.17, 15) is 0 Å². The van der Waals surface area contributed by atoms with Crippen LogP contribution in [0.1, 0.15) is 41.5 Å². The molecule has 0 radical (unpaired) electrons. The Bertz CT molecular complexity index is 331. The molecule has 2 saturated heterocycles. The van der Waals surface area contributed by atoms with Gasteiger partial charge in [0.05, 0.1) is 12.2 Å². The van der Waals surface area contributed by atoms with Gasteiger partial charge in [-0.3, -0.25) is 4.90 Å². The number of rotatable bonds is 5. The van der Waals surface area contributed by atoms with Crippen LogP contribution < -0.4 is 0 Å². The zero-order valence-corrected chi connectivity index (χ0v) is 15.7. The van der Waals surface area contributed by atoms with E-state index in [-0.39, 0.29) is 5.60 Å². The van der Waals surface area contributed by atoms with E-state index in [1.807, 2.05) is 0 Å². The molecule has 0 atom stereocenters. The van der Waals surface area contributed by atoms with Crippen molar-refractivity contribution in [3.8, 4) is 0 Å². The molecule has 2 rings (SSSR count). The van der Waals surface area contributed by atoms with E-state index in [4.69, 9.17) is 4.74 Å². The summed E-state index contributed by atoms with van der Waals surface area (Å²) < 4.78 is 5.81. The van der Waals surface area contributed by atoms with Gasteiger partial charge in [0, 0.05) is 57.9 Å². The lowest BCUT2D eigenvalue weighted by atomic mass is 9.98. The van der Waals surface area contributed by atoms with Crippen molar-refractivity contribution in [3.63, 3.8) is 0 Å². The van der Waals surface area contributed by atoms with Crippen LogP contribution in [0, 0.1) is 5.92 Å². The minimum Gasteiger partial charge on any atom is -0.375 e. The summed E-state index contributed by atoms with van der Waals surface area (Å²) in [4.78, 5) is 7.80. The normalized spacial score (nSPS) is 23.7. The predicted octanol–water partition coefficient (Wildman–Crippen LogP) is 2.15. The Morgan fingerprint density at radius 3 is 1.95 bits per heavy atom. The molecule has 0 aromatic rings. The molecule has 0 aliphatic carbocycles. The van der Waals surface area contributed by atoms with Gasteiger partial charge in [0.15, 0.2) is 0 Å². The first-order valence-corrected chi connectivity index (χ1v) is 8.97. The van der Waals surface area contributed by atoms with Crippen LogP contribution in [0.5, 0.6) is 0 Å². The third kappa shape index (κ3) is 5.80. The van der Waals surface area contributed by atoms with E-state index < -0.39 is 0 Å². The summed E-state index contributed by atoms with van der Waals surface area (Å²) in [6.07, 6.45) is 0. The molecule has 2 fully saturated rings. The highest BCUT2D eigenvalue weighted by atomic mass is 16.5. The van der Waals surface area contributed by atoms with Crippen molar-refractivity contribution in [2.75, 3.05) is 59.0 Å². The first-order valence-electron chi connectivity index (χ1n) is 8.97. The van der Waals surface area contributed by atoms with Gasteiger partial charge >= 0.3 is 0 Å². The molecule has 22 heavy (non-hydrogen) atoms. The highest BCUT2D eigenvalue weighted by Crippen LogP contribution is 2.20. The number of ether oxygens (including phenoxy) is 1. The molecular formula is C18H37N3O. The molecule has 4 nitrogen and oxygen atoms in total. The molecule has 0 aromatic carbocycles. The van der Waals surface area contributed by atoms with Gasteiger partial charge in [-0.2, -0.15) is 0 Å². The lowest BCUT2D eigenvalue weighted by Gasteiger charge is -2.46. The van der Waals surface area contributed by atoms with Crippen LogP contribution >= 0.6 is 0 Å². The number of piperazine rings is 1. The standard InChI is InChI=1S/C18H37N3O/c1-17(2,3)21-9-7-19(8-10-21)13-16-14-20(15-16)11-12-22-18(4,5)6/h16H,7-15H2,1-6H3. The fourth-order valence-corrected chi connectivity index (χ4v) is 3.42. The number of hydrogen-bond acceptors (Lipinski definition) is 4. The minimum absolute atomic E-state index is 0.00298. The third-order valence-electron chi connectivity index (χ3n) is 4.81. The maximum absolute atomic E-state index is 5.81. The van der Waals surface area contributed by atoms with Crippen molar-refractivity contribution in [3.05, 3.63) is 0 Å². The molecule has 2 aliphatic heterocycles. The second kappa shape index (κ2) is 7.16. The first kappa shape index (κ1) is 18.2. The second-order valence-electron chi connectivity index (χ2n) is 9.04. The Kier molecular flexibility index (Phi) is 5.92. The minimum atomic E-state index is -0.00298. The van der Waals surface area contributed by atoms with Crippen LogP contribution in [0.2, 0.25) is 0 Å². The van der Waals surface area contributed by atoms with E-state index in [2.05, 4.69) is 56.2 Å². The second-order valence-corrected chi connectivity index (χ2v) is 9.04. The summed E-state index contributed by atoms with van der Waals surface area (Å²) in [5.41, 5.74) is 0.323. The highest BCUT2D eigenvalue weighted by molar-refractivity contribution is 4.86. The lowest BCUT2D eigenvalue weighted by Crippen LogP contribution is -2.57. The summed E-state index contributed by atoms with van der Waals surface area (Å²) in [7, 11) is 0. The average molecular weight is 312 g/mol. The van der Waals surface area contributed by atoms with Gasteiger partial charge in [0.1, 0.15) is 0 Å². The molecular weight excluding hydrogens is 274 g/mol. The molecule has 130 valence electrons.